The zero-order valence-electron chi connectivity index (χ0n) is 14.3. The second kappa shape index (κ2) is 6.22. The van der Waals surface area contributed by atoms with Crippen LogP contribution >= 0.6 is 11.3 Å². The number of fused-ring (bicyclic) bond motifs is 3. The molecule has 9 heteroatoms. The lowest BCUT2D eigenvalue weighted by Crippen LogP contribution is -2.47. The topological polar surface area (TPSA) is 84.9 Å². The molecule has 1 amide bonds. The lowest BCUT2D eigenvalue weighted by molar-refractivity contribution is 0.0691. The summed E-state index contributed by atoms with van der Waals surface area (Å²) in [5.74, 6) is 1.34. The number of nitrogens with zero attached hydrogens (tertiary/aromatic N) is 1. The zero-order chi connectivity index (χ0) is 18.6. The highest BCUT2D eigenvalue weighted by Crippen LogP contribution is 2.40. The molecule has 5 rings (SSSR count). The SMILES string of the molecule is O=C(c1ccc2c(c1)OCO2)N1CC2CC1CC2NS(=O)(=O)c1cccs1. The van der Waals surface area contributed by atoms with E-state index >= 15 is 0 Å². The third kappa shape index (κ3) is 2.90. The minimum absolute atomic E-state index is 0.0413. The lowest BCUT2D eigenvalue weighted by Gasteiger charge is -2.31. The summed E-state index contributed by atoms with van der Waals surface area (Å²) < 4.78 is 38.7. The fourth-order valence-electron chi connectivity index (χ4n) is 4.22. The summed E-state index contributed by atoms with van der Waals surface area (Å²) in [7, 11) is -3.48. The van der Waals surface area contributed by atoms with Crippen LogP contribution in [0.15, 0.2) is 39.9 Å². The maximum Gasteiger partial charge on any atom is 0.254 e. The van der Waals surface area contributed by atoms with Crippen molar-refractivity contribution in [1.82, 2.24) is 9.62 Å². The van der Waals surface area contributed by atoms with Crippen LogP contribution in [0.25, 0.3) is 0 Å². The quantitative estimate of drug-likeness (QED) is 0.840. The van der Waals surface area contributed by atoms with Gasteiger partial charge in [-0.2, -0.15) is 0 Å². The fourth-order valence-corrected chi connectivity index (χ4v) is 6.54. The van der Waals surface area contributed by atoms with Crippen LogP contribution in [0.2, 0.25) is 0 Å². The molecule has 2 aromatic rings. The van der Waals surface area contributed by atoms with Gasteiger partial charge in [0.05, 0.1) is 0 Å². The normalized spacial score (nSPS) is 25.9. The van der Waals surface area contributed by atoms with Gasteiger partial charge in [0.15, 0.2) is 11.5 Å². The van der Waals surface area contributed by atoms with Gasteiger partial charge < -0.3 is 14.4 Å². The van der Waals surface area contributed by atoms with Crippen LogP contribution in [0.1, 0.15) is 23.2 Å². The monoisotopic (exact) mass is 406 g/mol. The number of nitrogens with one attached hydrogen (secondary N) is 1. The summed E-state index contributed by atoms with van der Waals surface area (Å²) in [4.78, 5) is 14.8. The van der Waals surface area contributed by atoms with Crippen LogP contribution in [-0.4, -0.2) is 44.6 Å². The molecule has 1 aliphatic carbocycles. The Labute approximate surface area is 160 Å². The van der Waals surface area contributed by atoms with Gasteiger partial charge in [0.25, 0.3) is 5.91 Å². The van der Waals surface area contributed by atoms with Crippen molar-refractivity contribution in [3.63, 3.8) is 0 Å². The van der Waals surface area contributed by atoms with Crippen molar-refractivity contribution in [1.29, 1.82) is 0 Å². The third-order valence-corrected chi connectivity index (χ3v) is 8.38. The molecule has 3 unspecified atom stereocenters. The molecule has 2 bridgehead atoms. The molecular weight excluding hydrogens is 388 g/mol. The maximum absolute atomic E-state index is 12.9. The van der Waals surface area contributed by atoms with E-state index in [9.17, 15) is 13.2 Å². The first-order valence-corrected chi connectivity index (χ1v) is 11.1. The smallest absolute Gasteiger partial charge is 0.254 e. The Morgan fingerprint density at radius 3 is 2.78 bits per heavy atom. The van der Waals surface area contributed by atoms with E-state index < -0.39 is 10.0 Å². The number of benzene rings is 1. The van der Waals surface area contributed by atoms with Gasteiger partial charge in [-0.1, -0.05) is 6.07 Å². The average molecular weight is 406 g/mol. The first-order chi connectivity index (χ1) is 13.0. The van der Waals surface area contributed by atoms with Gasteiger partial charge in [-0.25, -0.2) is 13.1 Å². The van der Waals surface area contributed by atoms with E-state index in [1.165, 1.54) is 11.3 Å². The molecule has 142 valence electrons. The molecule has 1 saturated heterocycles. The van der Waals surface area contributed by atoms with Gasteiger partial charge in [0.2, 0.25) is 16.8 Å². The Kier molecular flexibility index (Phi) is 3.92. The van der Waals surface area contributed by atoms with Crippen molar-refractivity contribution < 1.29 is 22.7 Å². The minimum Gasteiger partial charge on any atom is -0.454 e. The molecule has 3 aliphatic rings. The van der Waals surface area contributed by atoms with Gasteiger partial charge in [-0.05, 0) is 48.4 Å². The number of amides is 1. The summed E-state index contributed by atoms with van der Waals surface area (Å²) in [5, 5.41) is 1.75. The van der Waals surface area contributed by atoms with Crippen molar-refractivity contribution in [3.05, 3.63) is 41.3 Å². The molecule has 7 nitrogen and oxygen atoms in total. The van der Waals surface area contributed by atoms with Crippen molar-refractivity contribution in [2.75, 3.05) is 13.3 Å². The molecule has 0 radical (unpaired) electrons. The first kappa shape index (κ1) is 17.0. The van der Waals surface area contributed by atoms with Gasteiger partial charge in [-0.15, -0.1) is 11.3 Å². The van der Waals surface area contributed by atoms with E-state index in [2.05, 4.69) is 4.72 Å². The van der Waals surface area contributed by atoms with E-state index in [4.69, 9.17) is 9.47 Å². The average Bonchev–Trinajstić information content (AvgIpc) is 3.43. The zero-order valence-corrected chi connectivity index (χ0v) is 16.0. The Hall–Kier alpha value is -2.10. The Morgan fingerprint density at radius 2 is 2.04 bits per heavy atom. The molecule has 1 saturated carbocycles. The number of carbonyl (C=O) groups excluding carboxylic acids is 1. The number of rotatable bonds is 4. The Bertz CT molecular complexity index is 989. The molecule has 1 aromatic heterocycles. The molecular formula is C18H18N2O5S2. The predicted molar refractivity (Wildman–Crippen MR) is 98.5 cm³/mol. The van der Waals surface area contributed by atoms with Crippen molar-refractivity contribution in [2.24, 2.45) is 5.92 Å². The fraction of sp³-hybridized carbons (Fsp3) is 0.389. The molecule has 2 aliphatic heterocycles. The molecule has 3 atom stereocenters. The second-order valence-electron chi connectivity index (χ2n) is 7.07. The number of likely N-dealkylation sites (tertiary alicyclic amines) is 1. The van der Waals surface area contributed by atoms with Crippen molar-refractivity contribution in [3.8, 4) is 11.5 Å². The predicted octanol–water partition coefficient (Wildman–Crippen LogP) is 2.06. The van der Waals surface area contributed by atoms with Crippen LogP contribution in [-0.2, 0) is 10.0 Å². The van der Waals surface area contributed by atoms with E-state index in [1.54, 1.807) is 35.7 Å². The van der Waals surface area contributed by atoms with Crippen LogP contribution in [0, 0.1) is 5.92 Å². The van der Waals surface area contributed by atoms with Gasteiger partial charge >= 0.3 is 0 Å². The molecule has 0 spiro atoms. The summed E-state index contributed by atoms with van der Waals surface area (Å²) in [5.41, 5.74) is 0.572. The van der Waals surface area contributed by atoms with E-state index in [-0.39, 0.29) is 30.7 Å². The highest BCUT2D eigenvalue weighted by atomic mass is 32.2. The number of hydrogen-bond donors (Lipinski definition) is 1. The first-order valence-electron chi connectivity index (χ1n) is 8.78. The standard InChI is InChI=1S/C18H18N2O5S2/c21-18(11-3-4-15-16(7-11)25-10-24-15)20-9-12-6-13(20)8-14(12)19-27(22,23)17-2-1-5-26-17/h1-5,7,12-14,19H,6,8-10H2. The second-order valence-corrected chi connectivity index (χ2v) is 9.96. The molecule has 2 fully saturated rings. The molecule has 1 N–H and O–H groups in total. The largest absolute Gasteiger partial charge is 0.454 e. The lowest BCUT2D eigenvalue weighted by atomic mass is 10.0. The Morgan fingerprint density at radius 1 is 1.19 bits per heavy atom. The third-order valence-electron chi connectivity index (χ3n) is 5.49. The van der Waals surface area contributed by atoms with Crippen LogP contribution in [0.4, 0.5) is 0 Å². The number of sulfonamides is 1. The van der Waals surface area contributed by atoms with E-state index in [0.29, 0.717) is 34.2 Å². The summed E-state index contributed by atoms with van der Waals surface area (Å²) in [6.45, 7) is 0.739. The highest BCUT2D eigenvalue weighted by molar-refractivity contribution is 7.91. The molecule has 27 heavy (non-hydrogen) atoms. The maximum atomic E-state index is 12.9. The molecule has 3 heterocycles. The van der Waals surface area contributed by atoms with E-state index in [1.807, 2.05) is 4.90 Å². The van der Waals surface area contributed by atoms with Crippen LogP contribution in [0.5, 0.6) is 11.5 Å². The van der Waals surface area contributed by atoms with Gasteiger partial charge in [0.1, 0.15) is 4.21 Å². The number of hydrogen-bond acceptors (Lipinski definition) is 6. The molecule has 1 aromatic carbocycles. The number of piperidine rings is 1. The minimum atomic E-state index is -3.48. The highest BCUT2D eigenvalue weighted by Gasteiger charge is 2.48. The number of thiophene rings is 1. The number of carbonyl (C=O) groups is 1. The van der Waals surface area contributed by atoms with Gasteiger partial charge in [0, 0.05) is 24.2 Å². The van der Waals surface area contributed by atoms with E-state index in [0.717, 1.165) is 6.42 Å². The van der Waals surface area contributed by atoms with Gasteiger partial charge in [-0.3, -0.25) is 4.79 Å². The Balaban J connectivity index is 1.28. The van der Waals surface area contributed by atoms with Crippen molar-refractivity contribution >= 4 is 27.3 Å². The summed E-state index contributed by atoms with van der Waals surface area (Å²) in [6.07, 6.45) is 1.47. The summed E-state index contributed by atoms with van der Waals surface area (Å²) in [6, 6.07) is 8.49. The van der Waals surface area contributed by atoms with Crippen LogP contribution in [0.3, 0.4) is 0 Å². The van der Waals surface area contributed by atoms with Crippen molar-refractivity contribution in [2.45, 2.75) is 29.1 Å². The summed E-state index contributed by atoms with van der Waals surface area (Å²) >= 11 is 1.21. The number of ether oxygens (including phenoxy) is 2. The van der Waals surface area contributed by atoms with Crippen LogP contribution < -0.4 is 14.2 Å².